The lowest BCUT2D eigenvalue weighted by Gasteiger charge is -2.02. The summed E-state index contributed by atoms with van der Waals surface area (Å²) in [5, 5.41) is 10.6. The third-order valence-electron chi connectivity index (χ3n) is 1.80. The van der Waals surface area contributed by atoms with Crippen LogP contribution in [-0.4, -0.2) is 15.2 Å². The third-order valence-corrected chi connectivity index (χ3v) is 2.45. The van der Waals surface area contributed by atoms with Crippen molar-refractivity contribution in [2.75, 3.05) is 5.75 Å². The Hall–Kier alpha value is -1.08. The molecule has 1 rings (SSSR count). The number of rotatable bonds is 4. The van der Waals surface area contributed by atoms with Crippen molar-refractivity contribution in [3.05, 3.63) is 49.4 Å². The van der Waals surface area contributed by atoms with Crippen LogP contribution in [0.5, 0.6) is 0 Å². The molecule has 0 N–H and O–H groups in total. The number of nitro groups is 1. The summed E-state index contributed by atoms with van der Waals surface area (Å²) < 4.78 is 1.76. The second-order valence-electron chi connectivity index (χ2n) is 2.91. The average Bonchev–Trinajstić information content (AvgIpc) is 2.22. The largest absolute Gasteiger partial charge is 0.335 e. The predicted molar refractivity (Wildman–Crippen MR) is 68.0 cm³/mol. The Morgan fingerprint density at radius 3 is 2.81 bits per heavy atom. The maximum Gasteiger partial charge on any atom is 0.335 e. The first kappa shape index (κ1) is 13.0. The molecule has 0 aliphatic rings. The fraction of sp³-hybridized carbons (Fsp3) is 0.222. The molecule has 0 aliphatic heterocycles. The Balaban J connectivity index is 3.14. The first-order chi connectivity index (χ1) is 7.56. The van der Waals surface area contributed by atoms with Crippen molar-refractivity contribution in [3.8, 4) is 0 Å². The van der Waals surface area contributed by atoms with E-state index in [1.54, 1.807) is 12.2 Å². The Morgan fingerprint density at radius 2 is 2.25 bits per heavy atom. The van der Waals surface area contributed by atoms with E-state index in [0.717, 1.165) is 0 Å². The molecule has 0 aromatic carbocycles. The summed E-state index contributed by atoms with van der Waals surface area (Å²) in [7, 11) is 0. The second kappa shape index (κ2) is 5.86. The highest BCUT2D eigenvalue weighted by molar-refractivity contribution is 9.10. The second-order valence-corrected chi connectivity index (χ2v) is 4.19. The molecule has 16 heavy (non-hydrogen) atoms. The van der Waals surface area contributed by atoms with Crippen LogP contribution in [0.1, 0.15) is 0 Å². The van der Waals surface area contributed by atoms with E-state index in [-0.39, 0.29) is 0 Å². The van der Waals surface area contributed by atoms with Crippen molar-refractivity contribution in [2.24, 2.45) is 0 Å². The number of allylic oxidation sites excluding steroid dienone is 1. The van der Waals surface area contributed by atoms with Gasteiger partial charge in [0.15, 0.2) is 0 Å². The molecule has 0 saturated carbocycles. The van der Waals surface area contributed by atoms with Crippen LogP contribution >= 0.6 is 28.6 Å². The van der Waals surface area contributed by atoms with E-state index >= 15 is 0 Å². The number of halogens is 1. The van der Waals surface area contributed by atoms with Gasteiger partial charge in [0.2, 0.25) is 0 Å². The summed E-state index contributed by atoms with van der Waals surface area (Å²) in [6.07, 6.45) is 5.01. The third kappa shape index (κ3) is 3.21. The molecule has 1 aromatic rings. The van der Waals surface area contributed by atoms with Crippen molar-refractivity contribution in [3.63, 3.8) is 0 Å². The van der Waals surface area contributed by atoms with Crippen LogP contribution in [0.15, 0.2) is 33.7 Å². The maximum absolute atomic E-state index is 11.6. The lowest BCUT2D eigenvalue weighted by molar-refractivity contribution is -0.386. The Kier molecular flexibility index (Phi) is 4.75. The molecule has 0 bridgehead atoms. The lowest BCUT2D eigenvalue weighted by Crippen LogP contribution is -2.21. The van der Waals surface area contributed by atoms with E-state index in [1.807, 2.05) is 0 Å². The highest BCUT2D eigenvalue weighted by atomic mass is 79.9. The fourth-order valence-corrected chi connectivity index (χ4v) is 1.73. The van der Waals surface area contributed by atoms with Gasteiger partial charge in [-0.3, -0.25) is 14.9 Å². The average molecular weight is 305 g/mol. The van der Waals surface area contributed by atoms with Gasteiger partial charge in [0.05, 0.1) is 4.92 Å². The van der Waals surface area contributed by atoms with Crippen LogP contribution < -0.4 is 5.56 Å². The van der Waals surface area contributed by atoms with Crippen LogP contribution in [0.3, 0.4) is 0 Å². The van der Waals surface area contributed by atoms with Crippen LogP contribution in [0.25, 0.3) is 0 Å². The van der Waals surface area contributed by atoms with E-state index in [2.05, 4.69) is 28.6 Å². The molecular formula is C9H9BrN2O3S. The summed E-state index contributed by atoms with van der Waals surface area (Å²) in [6.45, 7) is 0.291. The number of hydrogen-bond donors (Lipinski definition) is 1. The zero-order valence-electron chi connectivity index (χ0n) is 8.17. The Bertz CT molecular complexity index is 484. The zero-order chi connectivity index (χ0) is 12.1. The van der Waals surface area contributed by atoms with E-state index in [4.69, 9.17) is 0 Å². The number of aromatic nitrogens is 1. The smallest absolute Gasteiger partial charge is 0.305 e. The molecule has 1 heterocycles. The molecular weight excluding hydrogens is 296 g/mol. The highest BCUT2D eigenvalue weighted by Crippen LogP contribution is 2.13. The van der Waals surface area contributed by atoms with Crippen molar-refractivity contribution >= 4 is 34.2 Å². The van der Waals surface area contributed by atoms with Crippen molar-refractivity contribution in [2.45, 2.75) is 6.54 Å². The van der Waals surface area contributed by atoms with Gasteiger partial charge in [-0.1, -0.05) is 12.2 Å². The number of thiol groups is 1. The maximum atomic E-state index is 11.6. The fourth-order valence-electron chi connectivity index (χ4n) is 1.11. The highest BCUT2D eigenvalue weighted by Gasteiger charge is 2.14. The van der Waals surface area contributed by atoms with Crippen molar-refractivity contribution in [1.82, 2.24) is 4.57 Å². The van der Waals surface area contributed by atoms with Gasteiger partial charge in [0.1, 0.15) is 0 Å². The standard InChI is InChI=1S/C9H9BrN2O3S/c10-7-5-8(12(14)15)9(13)11(6-7)3-1-2-4-16/h1-2,5-6,16H,3-4H2. The van der Waals surface area contributed by atoms with Gasteiger partial charge in [-0.25, -0.2) is 0 Å². The van der Waals surface area contributed by atoms with Crippen LogP contribution in [-0.2, 0) is 6.54 Å². The zero-order valence-corrected chi connectivity index (χ0v) is 10.6. The minimum Gasteiger partial charge on any atom is -0.305 e. The minimum atomic E-state index is -0.689. The van der Waals surface area contributed by atoms with Crippen LogP contribution in [0.2, 0.25) is 0 Å². The SMILES string of the molecule is O=c1c([N+](=O)[O-])cc(Br)cn1CC=CCS. The quantitative estimate of drug-likeness (QED) is 0.400. The molecule has 0 radical (unpaired) electrons. The van der Waals surface area contributed by atoms with Gasteiger partial charge in [-0.2, -0.15) is 12.6 Å². The van der Waals surface area contributed by atoms with Gasteiger partial charge in [0.25, 0.3) is 0 Å². The first-order valence-corrected chi connectivity index (χ1v) is 5.79. The summed E-state index contributed by atoms with van der Waals surface area (Å²) in [5.74, 6) is 0.560. The molecule has 86 valence electrons. The molecule has 0 spiro atoms. The number of pyridine rings is 1. The van der Waals surface area contributed by atoms with Crippen molar-refractivity contribution < 1.29 is 4.92 Å². The normalized spacial score (nSPS) is 10.9. The van der Waals surface area contributed by atoms with Gasteiger partial charge < -0.3 is 4.57 Å². The van der Waals surface area contributed by atoms with E-state index in [0.29, 0.717) is 16.8 Å². The molecule has 0 aliphatic carbocycles. The molecule has 0 atom stereocenters. The first-order valence-electron chi connectivity index (χ1n) is 4.36. The van der Waals surface area contributed by atoms with Crippen LogP contribution in [0, 0.1) is 10.1 Å². The predicted octanol–water partition coefficient (Wildman–Crippen LogP) is 2.01. The summed E-state index contributed by atoms with van der Waals surface area (Å²) in [4.78, 5) is 21.5. The summed E-state index contributed by atoms with van der Waals surface area (Å²) >= 11 is 7.10. The minimum absolute atomic E-state index is 0.291. The van der Waals surface area contributed by atoms with Crippen molar-refractivity contribution in [1.29, 1.82) is 0 Å². The topological polar surface area (TPSA) is 65.1 Å². The molecule has 5 nitrogen and oxygen atoms in total. The molecule has 1 aromatic heterocycles. The molecule has 0 saturated heterocycles. The summed E-state index contributed by atoms with van der Waals surface area (Å²) in [6, 6.07) is 1.20. The van der Waals surface area contributed by atoms with E-state index < -0.39 is 16.2 Å². The molecule has 0 unspecified atom stereocenters. The monoisotopic (exact) mass is 304 g/mol. The van der Waals surface area contributed by atoms with Gasteiger partial charge in [-0.15, -0.1) is 0 Å². The Labute approximate surface area is 105 Å². The van der Waals surface area contributed by atoms with Gasteiger partial charge >= 0.3 is 11.2 Å². The van der Waals surface area contributed by atoms with Crippen LogP contribution in [0.4, 0.5) is 5.69 Å². The van der Waals surface area contributed by atoms with Gasteiger partial charge in [0, 0.05) is 29.0 Å². The van der Waals surface area contributed by atoms with E-state index in [1.165, 1.54) is 16.8 Å². The number of hydrogen-bond acceptors (Lipinski definition) is 4. The van der Waals surface area contributed by atoms with Gasteiger partial charge in [-0.05, 0) is 15.9 Å². The number of nitrogens with zero attached hydrogens (tertiary/aromatic N) is 2. The lowest BCUT2D eigenvalue weighted by atomic mass is 10.4. The Morgan fingerprint density at radius 1 is 1.56 bits per heavy atom. The van der Waals surface area contributed by atoms with E-state index in [9.17, 15) is 14.9 Å². The molecule has 0 fully saturated rings. The molecule has 0 amide bonds. The summed E-state index contributed by atoms with van der Waals surface area (Å²) in [5.41, 5.74) is -1.05. The molecule has 7 heteroatoms.